The number of hydrogen-bond acceptors (Lipinski definition) is 6. The summed E-state index contributed by atoms with van der Waals surface area (Å²) >= 11 is 0. The predicted octanol–water partition coefficient (Wildman–Crippen LogP) is 2.27. The van der Waals surface area contributed by atoms with Crippen LogP contribution < -0.4 is 10.6 Å². The van der Waals surface area contributed by atoms with E-state index in [9.17, 15) is 5.11 Å². The molecule has 2 aromatic rings. The van der Waals surface area contributed by atoms with Gasteiger partial charge in [0.2, 0.25) is 0 Å². The molecule has 0 aliphatic carbocycles. The zero-order valence-corrected chi connectivity index (χ0v) is 17.1. The van der Waals surface area contributed by atoms with Gasteiger partial charge in [0.25, 0.3) is 5.89 Å². The average molecular weight is 389 g/mol. The van der Waals surface area contributed by atoms with Crippen LogP contribution in [0.5, 0.6) is 0 Å². The zero-order chi connectivity index (χ0) is 20.2. The van der Waals surface area contributed by atoms with Crippen molar-refractivity contribution in [3.8, 4) is 11.6 Å². The van der Waals surface area contributed by atoms with E-state index in [0.29, 0.717) is 48.8 Å². The maximum absolute atomic E-state index is 9.26. The van der Waals surface area contributed by atoms with E-state index in [0.717, 1.165) is 25.3 Å². The van der Waals surface area contributed by atoms with E-state index in [-0.39, 0.29) is 6.61 Å². The molecule has 154 valence electrons. The summed E-state index contributed by atoms with van der Waals surface area (Å²) in [7, 11) is 0. The zero-order valence-electron chi connectivity index (χ0n) is 17.1. The largest absolute Gasteiger partial charge is 0.396 e. The summed E-state index contributed by atoms with van der Waals surface area (Å²) in [6.07, 6.45) is 4.15. The quantitative estimate of drug-likeness (QED) is 0.400. The number of pyridine rings is 1. The van der Waals surface area contributed by atoms with Crippen molar-refractivity contribution >= 4 is 5.96 Å². The summed E-state index contributed by atoms with van der Waals surface area (Å²) in [4.78, 5) is 13.3. The van der Waals surface area contributed by atoms with Gasteiger partial charge in [-0.15, -0.1) is 0 Å². The van der Waals surface area contributed by atoms with E-state index in [1.165, 1.54) is 0 Å². The molecule has 0 radical (unpaired) electrons. The van der Waals surface area contributed by atoms with Gasteiger partial charge in [-0.1, -0.05) is 25.1 Å². The Bertz CT molecular complexity index is 702. The first-order valence-corrected chi connectivity index (χ1v) is 9.99. The number of nitrogens with zero attached hydrogens (tertiary/aromatic N) is 4. The number of rotatable bonds is 11. The van der Waals surface area contributed by atoms with Crippen LogP contribution in [0.25, 0.3) is 11.6 Å². The molecule has 0 fully saturated rings. The molecule has 0 amide bonds. The number of nitrogens with one attached hydrogen (secondary N) is 2. The van der Waals surface area contributed by atoms with Crippen LogP contribution in [0.2, 0.25) is 0 Å². The van der Waals surface area contributed by atoms with Crippen LogP contribution in [0.15, 0.2) is 33.9 Å². The Balaban J connectivity index is 1.86. The van der Waals surface area contributed by atoms with Gasteiger partial charge < -0.3 is 20.3 Å². The Kier molecular flexibility index (Phi) is 9.41. The third-order valence-electron chi connectivity index (χ3n) is 4.19. The molecule has 28 heavy (non-hydrogen) atoms. The standard InChI is InChI=1S/C20H32N6O2/c1-4-21-20(24-14-16(9-12-27)13-15(2)3)23-11-8-18-25-19(28-26-18)17-7-5-6-10-22-17/h5-7,10,15-16,27H,4,8-9,11-14H2,1-3H3,(H2,21,23,24). The molecule has 8 nitrogen and oxygen atoms in total. The van der Waals surface area contributed by atoms with E-state index in [2.05, 4.69) is 44.6 Å². The molecular weight excluding hydrogens is 356 g/mol. The lowest BCUT2D eigenvalue weighted by atomic mass is 9.94. The highest BCUT2D eigenvalue weighted by atomic mass is 16.5. The minimum absolute atomic E-state index is 0.202. The molecule has 0 aliphatic heterocycles. The maximum Gasteiger partial charge on any atom is 0.276 e. The second-order valence-corrected chi connectivity index (χ2v) is 7.13. The van der Waals surface area contributed by atoms with Crippen LogP contribution in [-0.4, -0.2) is 52.4 Å². The Hall–Kier alpha value is -2.48. The van der Waals surface area contributed by atoms with Crippen molar-refractivity contribution < 1.29 is 9.63 Å². The Labute approximate surface area is 166 Å². The summed E-state index contributed by atoms with van der Waals surface area (Å²) in [6, 6.07) is 5.57. The maximum atomic E-state index is 9.26. The van der Waals surface area contributed by atoms with Gasteiger partial charge in [0.15, 0.2) is 11.8 Å². The van der Waals surface area contributed by atoms with Gasteiger partial charge in [-0.25, -0.2) is 0 Å². The molecule has 0 spiro atoms. The van der Waals surface area contributed by atoms with Crippen LogP contribution in [0.4, 0.5) is 0 Å². The predicted molar refractivity (Wildman–Crippen MR) is 110 cm³/mol. The minimum Gasteiger partial charge on any atom is -0.396 e. The summed E-state index contributed by atoms with van der Waals surface area (Å²) in [5.41, 5.74) is 0.671. The monoisotopic (exact) mass is 388 g/mol. The van der Waals surface area contributed by atoms with Gasteiger partial charge in [-0.05, 0) is 43.7 Å². The fourth-order valence-corrected chi connectivity index (χ4v) is 2.94. The first-order valence-electron chi connectivity index (χ1n) is 9.99. The number of aliphatic hydroxyl groups is 1. The van der Waals surface area contributed by atoms with Crippen LogP contribution in [0.1, 0.15) is 39.4 Å². The third-order valence-corrected chi connectivity index (χ3v) is 4.19. The second kappa shape index (κ2) is 12.1. The highest BCUT2D eigenvalue weighted by molar-refractivity contribution is 5.79. The lowest BCUT2D eigenvalue weighted by Crippen LogP contribution is -2.38. The molecule has 1 unspecified atom stereocenters. The summed E-state index contributed by atoms with van der Waals surface area (Å²) in [5, 5.41) is 19.8. The molecular formula is C20H32N6O2. The smallest absolute Gasteiger partial charge is 0.276 e. The molecule has 0 saturated carbocycles. The molecule has 2 heterocycles. The van der Waals surface area contributed by atoms with Crippen molar-refractivity contribution in [1.29, 1.82) is 0 Å². The number of aliphatic imine (C=N–C) groups is 1. The Morgan fingerprint density at radius 1 is 1.29 bits per heavy atom. The van der Waals surface area contributed by atoms with Crippen LogP contribution >= 0.6 is 0 Å². The van der Waals surface area contributed by atoms with E-state index >= 15 is 0 Å². The fourth-order valence-electron chi connectivity index (χ4n) is 2.94. The van der Waals surface area contributed by atoms with E-state index in [1.54, 1.807) is 6.20 Å². The average Bonchev–Trinajstić information content (AvgIpc) is 3.15. The molecule has 2 aromatic heterocycles. The van der Waals surface area contributed by atoms with Crippen LogP contribution in [0.3, 0.4) is 0 Å². The Morgan fingerprint density at radius 2 is 2.14 bits per heavy atom. The molecule has 2 rings (SSSR count). The molecule has 8 heteroatoms. The summed E-state index contributed by atoms with van der Waals surface area (Å²) in [6.45, 7) is 8.75. The first-order chi connectivity index (χ1) is 13.6. The van der Waals surface area contributed by atoms with E-state index in [4.69, 9.17) is 4.52 Å². The number of aliphatic hydroxyl groups excluding tert-OH is 1. The van der Waals surface area contributed by atoms with E-state index in [1.807, 2.05) is 25.1 Å². The SMILES string of the molecule is CCNC(=NCC(CCO)CC(C)C)NCCc1noc(-c2ccccn2)n1. The van der Waals surface area contributed by atoms with Crippen molar-refractivity contribution in [2.75, 3.05) is 26.2 Å². The van der Waals surface area contributed by atoms with Crippen molar-refractivity contribution in [3.63, 3.8) is 0 Å². The highest BCUT2D eigenvalue weighted by Crippen LogP contribution is 2.15. The third kappa shape index (κ3) is 7.64. The first kappa shape index (κ1) is 21.8. The van der Waals surface area contributed by atoms with E-state index < -0.39 is 0 Å². The van der Waals surface area contributed by atoms with Gasteiger partial charge in [0.1, 0.15) is 5.69 Å². The van der Waals surface area contributed by atoms with Gasteiger partial charge in [-0.3, -0.25) is 9.98 Å². The van der Waals surface area contributed by atoms with Crippen molar-refractivity contribution in [1.82, 2.24) is 25.8 Å². The molecule has 0 bridgehead atoms. The molecule has 0 aliphatic rings. The molecule has 0 saturated heterocycles. The van der Waals surface area contributed by atoms with Gasteiger partial charge in [-0.2, -0.15) is 4.98 Å². The number of aromatic nitrogens is 3. The lowest BCUT2D eigenvalue weighted by Gasteiger charge is -2.17. The van der Waals surface area contributed by atoms with Crippen LogP contribution in [0, 0.1) is 11.8 Å². The fraction of sp³-hybridized carbons (Fsp3) is 0.600. The van der Waals surface area contributed by atoms with Gasteiger partial charge in [0, 0.05) is 38.9 Å². The highest BCUT2D eigenvalue weighted by Gasteiger charge is 2.12. The normalized spacial score (nSPS) is 13.0. The van der Waals surface area contributed by atoms with Gasteiger partial charge >= 0.3 is 0 Å². The van der Waals surface area contributed by atoms with Crippen molar-refractivity contribution in [2.24, 2.45) is 16.8 Å². The van der Waals surface area contributed by atoms with Crippen molar-refractivity contribution in [2.45, 2.75) is 40.0 Å². The number of guanidine groups is 1. The number of hydrogen-bond donors (Lipinski definition) is 3. The summed E-state index contributed by atoms with van der Waals surface area (Å²) < 4.78 is 5.28. The summed E-state index contributed by atoms with van der Waals surface area (Å²) in [5.74, 6) is 2.80. The van der Waals surface area contributed by atoms with Gasteiger partial charge in [0.05, 0.1) is 0 Å². The lowest BCUT2D eigenvalue weighted by molar-refractivity contribution is 0.245. The molecule has 3 N–H and O–H groups in total. The second-order valence-electron chi connectivity index (χ2n) is 7.13. The van der Waals surface area contributed by atoms with Crippen molar-refractivity contribution in [3.05, 3.63) is 30.2 Å². The minimum atomic E-state index is 0.202. The Morgan fingerprint density at radius 3 is 2.82 bits per heavy atom. The molecule has 1 atom stereocenters. The topological polar surface area (TPSA) is 108 Å². The van der Waals surface area contributed by atoms with Crippen LogP contribution in [-0.2, 0) is 6.42 Å². The molecule has 0 aromatic carbocycles.